The molecule has 4 rings (SSSR count). The number of hydrogen-bond acceptors (Lipinski definition) is 5. The maximum absolute atomic E-state index is 13.1. The number of thiophene rings is 1. The average molecular weight is 644 g/mol. The summed E-state index contributed by atoms with van der Waals surface area (Å²) in [6, 6.07) is 18.4. The van der Waals surface area contributed by atoms with E-state index in [0.29, 0.717) is 17.3 Å². The maximum Gasteiger partial charge on any atom is 0.291 e. The van der Waals surface area contributed by atoms with E-state index in [-0.39, 0.29) is 52.2 Å². The van der Waals surface area contributed by atoms with E-state index in [4.69, 9.17) is 10.2 Å². The molecule has 0 saturated heterocycles. The van der Waals surface area contributed by atoms with Crippen LogP contribution in [0.3, 0.4) is 0 Å². The van der Waals surface area contributed by atoms with Gasteiger partial charge in [-0.1, -0.05) is 47.6 Å². The van der Waals surface area contributed by atoms with Gasteiger partial charge in [0.05, 0.1) is 10.6 Å². The van der Waals surface area contributed by atoms with Gasteiger partial charge in [-0.05, 0) is 70.8 Å². The lowest BCUT2D eigenvalue weighted by molar-refractivity contribution is 0.0997. The first-order chi connectivity index (χ1) is 17.3. The molecule has 0 unspecified atom stereocenters. The smallest absolute Gasteiger partial charge is 0.291 e. The fourth-order valence-corrected chi connectivity index (χ4v) is 4.60. The molecule has 6 nitrogen and oxygen atoms in total. The Hall–Kier alpha value is -3.11. The van der Waals surface area contributed by atoms with Gasteiger partial charge in [0, 0.05) is 22.4 Å². The van der Waals surface area contributed by atoms with Crippen molar-refractivity contribution in [1.29, 1.82) is 0 Å². The standard InChI is InChI=1S/C30H33N3O3S.HI/c1-29(2,3)21-16-20(17-22(26(21)34)30(4,5)6)33-28(35)24-14-13-23(36-24)18-9-11-19(12-10-18)32-27(31)25-8-7-15-37-25;/h7-17,34H,1-6H3,(H2,31,32)(H,33,35);1H. The second kappa shape index (κ2) is 11.3. The van der Waals surface area contributed by atoms with Gasteiger partial charge < -0.3 is 20.6 Å². The third kappa shape index (κ3) is 6.66. The molecular weight excluding hydrogens is 609 g/mol. The van der Waals surface area contributed by atoms with E-state index >= 15 is 0 Å². The van der Waals surface area contributed by atoms with Gasteiger partial charge in [-0.3, -0.25) is 4.79 Å². The molecule has 8 heteroatoms. The van der Waals surface area contributed by atoms with Crippen LogP contribution >= 0.6 is 35.3 Å². The number of halogens is 1. The normalized spacial score (nSPS) is 12.2. The van der Waals surface area contributed by atoms with Gasteiger partial charge in [0.1, 0.15) is 17.3 Å². The van der Waals surface area contributed by atoms with Crippen LogP contribution in [0.5, 0.6) is 5.75 Å². The highest BCUT2D eigenvalue weighted by Crippen LogP contribution is 2.41. The lowest BCUT2D eigenvalue weighted by Crippen LogP contribution is -2.19. The van der Waals surface area contributed by atoms with Crippen molar-refractivity contribution < 1.29 is 14.3 Å². The van der Waals surface area contributed by atoms with Crippen LogP contribution in [0.2, 0.25) is 0 Å². The number of nitrogens with one attached hydrogen (secondary N) is 1. The number of nitrogens with zero attached hydrogens (tertiary/aromatic N) is 1. The lowest BCUT2D eigenvalue weighted by Gasteiger charge is -2.28. The molecule has 0 aliphatic carbocycles. The predicted molar refractivity (Wildman–Crippen MR) is 168 cm³/mol. The molecule has 200 valence electrons. The van der Waals surface area contributed by atoms with Crippen LogP contribution in [0.15, 0.2) is 75.5 Å². The number of aromatic hydroxyl groups is 1. The Labute approximate surface area is 245 Å². The summed E-state index contributed by atoms with van der Waals surface area (Å²) in [6.45, 7) is 12.2. The van der Waals surface area contributed by atoms with Crippen LogP contribution in [0.25, 0.3) is 11.3 Å². The monoisotopic (exact) mass is 643 g/mol. The fraction of sp³-hybridized carbons (Fsp3) is 0.267. The van der Waals surface area contributed by atoms with Gasteiger partial charge in [-0.2, -0.15) is 0 Å². The van der Waals surface area contributed by atoms with Gasteiger partial charge in [0.25, 0.3) is 5.91 Å². The highest BCUT2D eigenvalue weighted by molar-refractivity contribution is 14.0. The third-order valence-electron chi connectivity index (χ3n) is 5.99. The number of carbonyl (C=O) groups excluding carboxylic acids is 1. The van der Waals surface area contributed by atoms with Gasteiger partial charge in [0.15, 0.2) is 5.76 Å². The fourth-order valence-electron chi connectivity index (χ4n) is 3.98. The van der Waals surface area contributed by atoms with Crippen molar-refractivity contribution in [3.63, 3.8) is 0 Å². The Kier molecular flexibility index (Phi) is 8.78. The van der Waals surface area contributed by atoms with Crippen LogP contribution < -0.4 is 11.1 Å². The van der Waals surface area contributed by atoms with Crippen molar-refractivity contribution in [2.75, 3.05) is 5.32 Å². The Morgan fingerprint density at radius 2 is 1.55 bits per heavy atom. The summed E-state index contributed by atoms with van der Waals surface area (Å²) in [7, 11) is 0. The minimum absolute atomic E-state index is 0. The SMILES string of the molecule is CC(C)(C)c1cc(NC(=O)c2ccc(-c3ccc(N=C(N)c4cccs4)cc3)o2)cc(C(C)(C)C)c1O.I. The number of furan rings is 1. The molecule has 0 spiro atoms. The molecule has 0 atom stereocenters. The van der Waals surface area contributed by atoms with Gasteiger partial charge in [-0.15, -0.1) is 35.3 Å². The topological polar surface area (TPSA) is 101 Å². The van der Waals surface area contributed by atoms with E-state index in [2.05, 4.69) is 10.3 Å². The molecule has 0 fully saturated rings. The van der Waals surface area contributed by atoms with E-state index in [1.807, 2.05) is 95.5 Å². The summed E-state index contributed by atoms with van der Waals surface area (Å²) in [5, 5.41) is 15.8. The van der Waals surface area contributed by atoms with Crippen LogP contribution in [-0.2, 0) is 10.8 Å². The van der Waals surface area contributed by atoms with Gasteiger partial charge in [0.2, 0.25) is 0 Å². The maximum atomic E-state index is 13.1. The quantitative estimate of drug-likeness (QED) is 0.0883. The first-order valence-corrected chi connectivity index (χ1v) is 13.0. The third-order valence-corrected chi connectivity index (χ3v) is 6.88. The van der Waals surface area contributed by atoms with E-state index in [0.717, 1.165) is 27.3 Å². The van der Waals surface area contributed by atoms with Crippen LogP contribution in [0.1, 0.15) is 68.1 Å². The molecule has 0 bridgehead atoms. The number of aliphatic imine (C=N–C) groups is 1. The molecule has 0 aliphatic rings. The minimum atomic E-state index is -0.360. The van der Waals surface area contributed by atoms with Gasteiger partial charge >= 0.3 is 0 Å². The Balaban J connectivity index is 0.00000400. The summed E-state index contributed by atoms with van der Waals surface area (Å²) in [6.07, 6.45) is 0. The predicted octanol–water partition coefficient (Wildman–Crippen LogP) is 8.22. The number of anilines is 1. The first kappa shape index (κ1) is 29.4. The van der Waals surface area contributed by atoms with E-state index in [1.54, 1.807) is 12.1 Å². The molecule has 4 aromatic rings. The molecule has 0 radical (unpaired) electrons. The van der Waals surface area contributed by atoms with E-state index in [9.17, 15) is 9.90 Å². The zero-order valence-electron chi connectivity index (χ0n) is 22.5. The number of nitrogens with two attached hydrogens (primary N) is 1. The van der Waals surface area contributed by atoms with Crippen LogP contribution in [0.4, 0.5) is 11.4 Å². The number of hydrogen-bond donors (Lipinski definition) is 3. The molecule has 38 heavy (non-hydrogen) atoms. The Bertz CT molecular complexity index is 1410. The molecule has 0 saturated carbocycles. The summed E-state index contributed by atoms with van der Waals surface area (Å²) >= 11 is 1.54. The number of carbonyl (C=O) groups is 1. The molecule has 0 aliphatic heterocycles. The largest absolute Gasteiger partial charge is 0.507 e. The van der Waals surface area contributed by atoms with Crippen molar-refractivity contribution in [3.05, 3.63) is 87.8 Å². The Morgan fingerprint density at radius 3 is 2.08 bits per heavy atom. The highest BCUT2D eigenvalue weighted by atomic mass is 127. The van der Waals surface area contributed by atoms with Crippen molar-refractivity contribution >= 4 is 58.4 Å². The molecule has 4 N–H and O–H groups in total. The number of amides is 1. The second-order valence-corrected chi connectivity index (χ2v) is 12.0. The minimum Gasteiger partial charge on any atom is -0.507 e. The zero-order chi connectivity index (χ0) is 27.0. The molecule has 1 amide bonds. The van der Waals surface area contributed by atoms with Gasteiger partial charge in [-0.25, -0.2) is 4.99 Å². The molecule has 2 aromatic heterocycles. The number of phenols is 1. The van der Waals surface area contributed by atoms with Crippen LogP contribution in [0, 0.1) is 0 Å². The number of phenolic OH excluding ortho intramolecular Hbond substituents is 1. The van der Waals surface area contributed by atoms with Crippen molar-refractivity contribution in [2.24, 2.45) is 10.7 Å². The van der Waals surface area contributed by atoms with E-state index in [1.165, 1.54) is 11.3 Å². The van der Waals surface area contributed by atoms with E-state index < -0.39 is 0 Å². The molecule has 2 heterocycles. The first-order valence-electron chi connectivity index (χ1n) is 12.1. The molecular formula is C30H34IN3O3S. The summed E-state index contributed by atoms with van der Waals surface area (Å²) in [5.41, 5.74) is 9.20. The summed E-state index contributed by atoms with van der Waals surface area (Å²) in [4.78, 5) is 18.4. The van der Waals surface area contributed by atoms with Crippen molar-refractivity contribution in [1.82, 2.24) is 0 Å². The Morgan fingerprint density at radius 1 is 0.947 bits per heavy atom. The average Bonchev–Trinajstić information content (AvgIpc) is 3.52. The highest BCUT2D eigenvalue weighted by Gasteiger charge is 2.27. The summed E-state index contributed by atoms with van der Waals surface area (Å²) < 4.78 is 5.88. The number of amidine groups is 1. The van der Waals surface area contributed by atoms with Crippen molar-refractivity contribution in [3.8, 4) is 17.1 Å². The van der Waals surface area contributed by atoms with Crippen LogP contribution in [-0.4, -0.2) is 16.8 Å². The number of benzene rings is 2. The molecule has 2 aromatic carbocycles. The lowest BCUT2D eigenvalue weighted by atomic mass is 9.79. The van der Waals surface area contributed by atoms with Crippen molar-refractivity contribution in [2.45, 2.75) is 52.4 Å². The second-order valence-electron chi connectivity index (χ2n) is 11.1. The number of rotatable bonds is 5. The summed E-state index contributed by atoms with van der Waals surface area (Å²) in [5.74, 6) is 1.15. The zero-order valence-corrected chi connectivity index (χ0v) is 25.6.